The van der Waals surface area contributed by atoms with Crippen molar-refractivity contribution < 1.29 is 0 Å². The molecule has 17 heavy (non-hydrogen) atoms. The molecule has 1 fully saturated rings. The van der Waals surface area contributed by atoms with Gasteiger partial charge in [0.05, 0.1) is 0 Å². The van der Waals surface area contributed by atoms with E-state index in [1.807, 2.05) is 12.4 Å². The molecular formula is C15H24N2. The summed E-state index contributed by atoms with van der Waals surface area (Å²) in [5, 5.41) is 3.53. The summed E-state index contributed by atoms with van der Waals surface area (Å²) in [5.74, 6) is 0.899. The largest absolute Gasteiger partial charge is 0.317 e. The van der Waals surface area contributed by atoms with Gasteiger partial charge >= 0.3 is 0 Å². The van der Waals surface area contributed by atoms with Gasteiger partial charge in [0.15, 0.2) is 0 Å². The number of hydrogen-bond donors (Lipinski definition) is 1. The van der Waals surface area contributed by atoms with Gasteiger partial charge in [0.2, 0.25) is 0 Å². The van der Waals surface area contributed by atoms with Gasteiger partial charge in [-0.05, 0) is 56.3 Å². The average Bonchev–Trinajstić information content (AvgIpc) is 2.42. The molecule has 2 rings (SSSR count). The molecule has 94 valence electrons. The van der Waals surface area contributed by atoms with E-state index in [0.717, 1.165) is 5.92 Å². The fraction of sp³-hybridized carbons (Fsp3) is 0.667. The van der Waals surface area contributed by atoms with Gasteiger partial charge in [0, 0.05) is 18.4 Å². The second-order valence-electron chi connectivity index (χ2n) is 5.19. The fourth-order valence-corrected chi connectivity index (χ4v) is 3.02. The predicted octanol–water partition coefficient (Wildman–Crippen LogP) is 3.18. The Morgan fingerprint density at radius 1 is 1.24 bits per heavy atom. The molecule has 1 unspecified atom stereocenters. The van der Waals surface area contributed by atoms with Crippen LogP contribution < -0.4 is 5.32 Å². The van der Waals surface area contributed by atoms with Crippen molar-refractivity contribution in [3.8, 4) is 0 Å². The Labute approximate surface area is 105 Å². The van der Waals surface area contributed by atoms with E-state index in [1.165, 1.54) is 50.5 Å². The third-order valence-corrected chi connectivity index (χ3v) is 4.08. The maximum atomic E-state index is 4.07. The van der Waals surface area contributed by atoms with Crippen LogP contribution in [0, 0.1) is 5.92 Å². The number of nitrogens with zero attached hydrogens (tertiary/aromatic N) is 1. The van der Waals surface area contributed by atoms with Gasteiger partial charge in [-0.25, -0.2) is 0 Å². The summed E-state index contributed by atoms with van der Waals surface area (Å²) in [6.07, 6.45) is 13.3. The van der Waals surface area contributed by atoms with Gasteiger partial charge in [0.25, 0.3) is 0 Å². The molecule has 1 heterocycles. The summed E-state index contributed by atoms with van der Waals surface area (Å²) < 4.78 is 0. The molecule has 0 saturated heterocycles. The number of pyridine rings is 1. The maximum absolute atomic E-state index is 4.07. The van der Waals surface area contributed by atoms with E-state index in [4.69, 9.17) is 0 Å². The highest BCUT2D eigenvalue weighted by Crippen LogP contribution is 2.28. The molecule has 0 aromatic carbocycles. The second-order valence-corrected chi connectivity index (χ2v) is 5.19. The van der Waals surface area contributed by atoms with Crippen molar-refractivity contribution in [1.82, 2.24) is 10.3 Å². The topological polar surface area (TPSA) is 24.9 Å². The maximum Gasteiger partial charge on any atom is 0.0270 e. The number of nitrogens with one attached hydrogen (secondary N) is 1. The quantitative estimate of drug-likeness (QED) is 0.843. The van der Waals surface area contributed by atoms with Crippen LogP contribution in [0.4, 0.5) is 0 Å². The first-order valence-electron chi connectivity index (χ1n) is 6.96. The summed E-state index contributed by atoms with van der Waals surface area (Å²) in [6, 6.07) is 4.96. The lowest BCUT2D eigenvalue weighted by Gasteiger charge is -2.30. The van der Waals surface area contributed by atoms with E-state index in [9.17, 15) is 0 Å². The fourth-order valence-electron chi connectivity index (χ4n) is 3.02. The highest BCUT2D eigenvalue weighted by atomic mass is 14.9. The van der Waals surface area contributed by atoms with E-state index in [0.29, 0.717) is 6.04 Å². The van der Waals surface area contributed by atoms with Crippen LogP contribution in [-0.4, -0.2) is 18.1 Å². The van der Waals surface area contributed by atoms with Gasteiger partial charge in [0.1, 0.15) is 0 Å². The van der Waals surface area contributed by atoms with Gasteiger partial charge in [-0.2, -0.15) is 0 Å². The van der Waals surface area contributed by atoms with E-state index < -0.39 is 0 Å². The Morgan fingerprint density at radius 2 is 1.94 bits per heavy atom. The van der Waals surface area contributed by atoms with Crippen LogP contribution in [0.15, 0.2) is 24.5 Å². The van der Waals surface area contributed by atoms with Crippen molar-refractivity contribution in [2.75, 3.05) is 7.05 Å². The zero-order valence-corrected chi connectivity index (χ0v) is 10.9. The minimum Gasteiger partial charge on any atom is -0.317 e. The van der Waals surface area contributed by atoms with Gasteiger partial charge in [-0.15, -0.1) is 0 Å². The van der Waals surface area contributed by atoms with Gasteiger partial charge in [-0.3, -0.25) is 4.98 Å². The number of rotatable bonds is 5. The number of aromatic nitrogens is 1. The molecule has 1 N–H and O–H groups in total. The van der Waals surface area contributed by atoms with Crippen LogP contribution in [0.5, 0.6) is 0 Å². The van der Waals surface area contributed by atoms with Gasteiger partial charge < -0.3 is 5.32 Å². The molecule has 0 amide bonds. The van der Waals surface area contributed by atoms with Crippen LogP contribution in [0.1, 0.15) is 44.1 Å². The van der Waals surface area contributed by atoms with E-state index >= 15 is 0 Å². The van der Waals surface area contributed by atoms with Crippen molar-refractivity contribution in [3.05, 3.63) is 30.1 Å². The first-order valence-corrected chi connectivity index (χ1v) is 6.96. The Bertz CT molecular complexity index is 304. The van der Waals surface area contributed by atoms with Crippen molar-refractivity contribution >= 4 is 0 Å². The third-order valence-electron chi connectivity index (χ3n) is 4.08. The number of hydrogen-bond acceptors (Lipinski definition) is 2. The van der Waals surface area contributed by atoms with Crippen LogP contribution in [0.25, 0.3) is 0 Å². The highest BCUT2D eigenvalue weighted by Gasteiger charge is 2.21. The molecule has 1 saturated carbocycles. The summed E-state index contributed by atoms with van der Waals surface area (Å²) in [7, 11) is 2.12. The average molecular weight is 232 g/mol. The lowest BCUT2D eigenvalue weighted by atomic mass is 9.82. The minimum atomic E-state index is 0.698. The summed E-state index contributed by atoms with van der Waals surface area (Å²) in [5.41, 5.74) is 1.41. The number of aryl methyl sites for hydroxylation is 1. The molecule has 0 radical (unpaired) electrons. The molecule has 1 atom stereocenters. The molecule has 1 aromatic heterocycles. The molecule has 2 nitrogen and oxygen atoms in total. The Morgan fingerprint density at radius 3 is 2.59 bits per heavy atom. The molecule has 0 bridgehead atoms. The van der Waals surface area contributed by atoms with Crippen molar-refractivity contribution in [3.63, 3.8) is 0 Å². The normalized spacial score (nSPS) is 19.1. The molecule has 1 aromatic rings. The van der Waals surface area contributed by atoms with Crippen LogP contribution in [-0.2, 0) is 6.42 Å². The Balaban J connectivity index is 1.82. The minimum absolute atomic E-state index is 0.698. The van der Waals surface area contributed by atoms with Crippen molar-refractivity contribution in [1.29, 1.82) is 0 Å². The monoisotopic (exact) mass is 232 g/mol. The summed E-state index contributed by atoms with van der Waals surface area (Å²) >= 11 is 0. The van der Waals surface area contributed by atoms with Gasteiger partial charge in [-0.1, -0.05) is 19.3 Å². The summed E-state index contributed by atoms with van der Waals surface area (Å²) in [6.45, 7) is 0. The second kappa shape index (κ2) is 6.75. The van der Waals surface area contributed by atoms with E-state index in [-0.39, 0.29) is 0 Å². The van der Waals surface area contributed by atoms with Crippen molar-refractivity contribution in [2.45, 2.75) is 51.0 Å². The Hall–Kier alpha value is -0.890. The predicted molar refractivity (Wildman–Crippen MR) is 72.0 cm³/mol. The first kappa shape index (κ1) is 12.6. The standard InChI is InChI=1S/C15H24N2/c1-16-15(14-5-3-2-4-6-14)8-7-13-9-11-17-12-10-13/h9-12,14-16H,2-8H2,1H3. The zero-order chi connectivity index (χ0) is 11.9. The van der Waals surface area contributed by atoms with Crippen molar-refractivity contribution in [2.24, 2.45) is 5.92 Å². The van der Waals surface area contributed by atoms with Crippen LogP contribution >= 0.6 is 0 Å². The molecular weight excluding hydrogens is 208 g/mol. The van der Waals surface area contributed by atoms with Crippen LogP contribution in [0.3, 0.4) is 0 Å². The first-order chi connectivity index (χ1) is 8.40. The molecule has 0 spiro atoms. The molecule has 0 aliphatic heterocycles. The Kier molecular flexibility index (Phi) is 4.99. The van der Waals surface area contributed by atoms with E-state index in [2.05, 4.69) is 29.5 Å². The smallest absolute Gasteiger partial charge is 0.0270 e. The SMILES string of the molecule is CNC(CCc1ccncc1)C1CCCCC1. The van der Waals surface area contributed by atoms with E-state index in [1.54, 1.807) is 0 Å². The molecule has 2 heteroatoms. The molecule has 1 aliphatic carbocycles. The zero-order valence-electron chi connectivity index (χ0n) is 10.9. The highest BCUT2D eigenvalue weighted by molar-refractivity contribution is 5.09. The lowest BCUT2D eigenvalue weighted by Crippen LogP contribution is -2.35. The summed E-state index contributed by atoms with van der Waals surface area (Å²) in [4.78, 5) is 4.07. The lowest BCUT2D eigenvalue weighted by molar-refractivity contribution is 0.268. The molecule has 1 aliphatic rings. The van der Waals surface area contributed by atoms with Crippen LogP contribution in [0.2, 0.25) is 0 Å². The third kappa shape index (κ3) is 3.81.